The standard InChI is InChI=1S/C26H24N2O4/c1-31-17-11-12-22(32-2)21(15-17)27-25(29)23-19-9-5-6-10-20(19)26(30)28-14-13-16-7-3-4-8-18(16)24(23)28/h3-12,15,23-24H,13-14H2,1-2H3,(H,27,29)/t23-,24-/m0/s1. The number of hydrogen-bond donors (Lipinski definition) is 1. The van der Waals surface area contributed by atoms with Crippen LogP contribution in [0, 0.1) is 0 Å². The largest absolute Gasteiger partial charge is 0.497 e. The SMILES string of the molecule is COc1ccc(OC)c(NC(=O)[C@H]2c3ccccc3C(=O)N3CCc4ccccc4[C@@H]23)c1. The third-order valence-corrected chi connectivity index (χ3v) is 6.38. The third kappa shape index (κ3) is 3.19. The maximum Gasteiger partial charge on any atom is 0.254 e. The van der Waals surface area contributed by atoms with Gasteiger partial charge in [0.25, 0.3) is 5.91 Å². The number of amides is 2. The van der Waals surface area contributed by atoms with Crippen molar-refractivity contribution in [2.75, 3.05) is 26.1 Å². The highest BCUT2D eigenvalue weighted by Gasteiger charge is 2.46. The van der Waals surface area contributed by atoms with Crippen LogP contribution in [0.3, 0.4) is 0 Å². The van der Waals surface area contributed by atoms with E-state index in [1.807, 2.05) is 41.3 Å². The summed E-state index contributed by atoms with van der Waals surface area (Å²) in [7, 11) is 3.14. The van der Waals surface area contributed by atoms with Gasteiger partial charge in [0.2, 0.25) is 5.91 Å². The van der Waals surface area contributed by atoms with Gasteiger partial charge in [-0.2, -0.15) is 0 Å². The fraction of sp³-hybridized carbons (Fsp3) is 0.231. The average Bonchev–Trinajstić information content (AvgIpc) is 2.84. The van der Waals surface area contributed by atoms with E-state index >= 15 is 0 Å². The van der Waals surface area contributed by atoms with Crippen molar-refractivity contribution in [2.24, 2.45) is 0 Å². The minimum absolute atomic E-state index is 0.0249. The first kappa shape index (κ1) is 20.1. The zero-order valence-corrected chi connectivity index (χ0v) is 18.0. The normalized spacial score (nSPS) is 18.8. The zero-order chi connectivity index (χ0) is 22.2. The van der Waals surface area contributed by atoms with E-state index in [0.717, 1.165) is 17.5 Å². The van der Waals surface area contributed by atoms with Crippen LogP contribution in [0.2, 0.25) is 0 Å². The molecule has 2 amide bonds. The predicted octanol–water partition coefficient (Wildman–Crippen LogP) is 4.18. The van der Waals surface area contributed by atoms with E-state index in [0.29, 0.717) is 29.3 Å². The maximum absolute atomic E-state index is 13.8. The van der Waals surface area contributed by atoms with E-state index in [4.69, 9.17) is 9.47 Å². The number of hydrogen-bond acceptors (Lipinski definition) is 4. The average molecular weight is 428 g/mol. The number of nitrogens with zero attached hydrogens (tertiary/aromatic N) is 1. The predicted molar refractivity (Wildman–Crippen MR) is 121 cm³/mol. The molecule has 0 fully saturated rings. The molecule has 5 rings (SSSR count). The van der Waals surface area contributed by atoms with Crippen LogP contribution in [-0.4, -0.2) is 37.5 Å². The van der Waals surface area contributed by atoms with Crippen molar-refractivity contribution < 1.29 is 19.1 Å². The second-order valence-corrected chi connectivity index (χ2v) is 8.01. The van der Waals surface area contributed by atoms with Crippen LogP contribution in [0.15, 0.2) is 66.7 Å². The number of anilines is 1. The molecule has 0 aliphatic carbocycles. The molecule has 2 atom stereocenters. The van der Waals surface area contributed by atoms with Crippen molar-refractivity contribution >= 4 is 17.5 Å². The summed E-state index contributed by atoms with van der Waals surface area (Å²) < 4.78 is 10.8. The van der Waals surface area contributed by atoms with E-state index in [1.165, 1.54) is 5.56 Å². The van der Waals surface area contributed by atoms with Crippen molar-refractivity contribution in [3.05, 3.63) is 89.0 Å². The Morgan fingerprint density at radius 3 is 2.50 bits per heavy atom. The minimum Gasteiger partial charge on any atom is -0.497 e. The molecular weight excluding hydrogens is 404 g/mol. The minimum atomic E-state index is -0.554. The molecule has 6 nitrogen and oxygen atoms in total. The number of carbonyl (C=O) groups excluding carboxylic acids is 2. The Balaban J connectivity index is 1.62. The molecule has 2 aliphatic rings. The fourth-order valence-corrected chi connectivity index (χ4v) is 4.88. The molecule has 0 saturated heterocycles. The number of methoxy groups -OCH3 is 2. The molecule has 6 heteroatoms. The topological polar surface area (TPSA) is 67.9 Å². The molecule has 32 heavy (non-hydrogen) atoms. The van der Waals surface area contributed by atoms with Gasteiger partial charge in [-0.25, -0.2) is 0 Å². The first-order valence-corrected chi connectivity index (χ1v) is 10.6. The van der Waals surface area contributed by atoms with Crippen LogP contribution in [-0.2, 0) is 11.2 Å². The van der Waals surface area contributed by atoms with E-state index in [9.17, 15) is 9.59 Å². The fourth-order valence-electron chi connectivity index (χ4n) is 4.88. The van der Waals surface area contributed by atoms with E-state index < -0.39 is 5.92 Å². The lowest BCUT2D eigenvalue weighted by atomic mass is 9.76. The van der Waals surface area contributed by atoms with Gasteiger partial charge in [0, 0.05) is 18.2 Å². The van der Waals surface area contributed by atoms with Crippen LogP contribution >= 0.6 is 0 Å². The molecule has 0 saturated carbocycles. The quantitative estimate of drug-likeness (QED) is 0.677. The van der Waals surface area contributed by atoms with Gasteiger partial charge >= 0.3 is 0 Å². The number of benzene rings is 3. The van der Waals surface area contributed by atoms with Gasteiger partial charge in [-0.05, 0) is 41.3 Å². The first-order chi connectivity index (χ1) is 15.6. The third-order valence-electron chi connectivity index (χ3n) is 6.38. The summed E-state index contributed by atoms with van der Waals surface area (Å²) in [6.07, 6.45) is 0.776. The molecule has 0 bridgehead atoms. The van der Waals surface area contributed by atoms with Crippen LogP contribution in [0.1, 0.15) is 39.0 Å². The van der Waals surface area contributed by atoms with Crippen molar-refractivity contribution in [2.45, 2.75) is 18.4 Å². The van der Waals surface area contributed by atoms with Crippen molar-refractivity contribution in [3.8, 4) is 11.5 Å². The smallest absolute Gasteiger partial charge is 0.254 e. The Morgan fingerprint density at radius 1 is 0.969 bits per heavy atom. The Morgan fingerprint density at radius 2 is 1.72 bits per heavy atom. The summed E-state index contributed by atoms with van der Waals surface area (Å²) in [5.74, 6) is 0.387. The zero-order valence-electron chi connectivity index (χ0n) is 18.0. The molecule has 0 spiro atoms. The van der Waals surface area contributed by atoms with Gasteiger partial charge in [-0.15, -0.1) is 0 Å². The maximum atomic E-state index is 13.8. The summed E-state index contributed by atoms with van der Waals surface area (Å²) in [5.41, 5.74) is 4.06. The lowest BCUT2D eigenvalue weighted by Crippen LogP contribution is -2.49. The highest BCUT2D eigenvalue weighted by atomic mass is 16.5. The van der Waals surface area contributed by atoms with Crippen LogP contribution < -0.4 is 14.8 Å². The highest BCUT2D eigenvalue weighted by molar-refractivity contribution is 6.05. The van der Waals surface area contributed by atoms with E-state index in [-0.39, 0.29) is 17.9 Å². The highest BCUT2D eigenvalue weighted by Crippen LogP contribution is 2.46. The van der Waals surface area contributed by atoms with Gasteiger partial charge < -0.3 is 19.7 Å². The lowest BCUT2D eigenvalue weighted by molar-refractivity contribution is -0.119. The van der Waals surface area contributed by atoms with Crippen molar-refractivity contribution in [3.63, 3.8) is 0 Å². The van der Waals surface area contributed by atoms with Gasteiger partial charge in [0.15, 0.2) is 0 Å². The van der Waals surface area contributed by atoms with Gasteiger partial charge in [0.05, 0.1) is 31.9 Å². The molecule has 0 unspecified atom stereocenters. The Kier molecular flexibility index (Phi) is 5.05. The Hall–Kier alpha value is -3.80. The molecule has 2 aliphatic heterocycles. The molecule has 162 valence electrons. The molecule has 1 N–H and O–H groups in total. The monoisotopic (exact) mass is 428 g/mol. The number of carbonyl (C=O) groups is 2. The molecule has 3 aromatic carbocycles. The lowest BCUT2D eigenvalue weighted by Gasteiger charge is -2.45. The summed E-state index contributed by atoms with van der Waals surface area (Å²) in [5, 5.41) is 3.04. The number of ether oxygens (including phenoxy) is 2. The number of rotatable bonds is 4. The summed E-state index contributed by atoms with van der Waals surface area (Å²) in [4.78, 5) is 29.0. The van der Waals surface area contributed by atoms with Crippen molar-refractivity contribution in [1.29, 1.82) is 0 Å². The summed E-state index contributed by atoms with van der Waals surface area (Å²) in [6.45, 7) is 0.584. The van der Waals surface area contributed by atoms with Gasteiger partial charge in [0.1, 0.15) is 11.5 Å². The second kappa shape index (κ2) is 8.04. The van der Waals surface area contributed by atoms with Crippen LogP contribution in [0.5, 0.6) is 11.5 Å². The molecular formula is C26H24N2O4. The van der Waals surface area contributed by atoms with Gasteiger partial charge in [-0.1, -0.05) is 42.5 Å². The molecule has 2 heterocycles. The summed E-state index contributed by atoms with van der Waals surface area (Å²) >= 11 is 0. The van der Waals surface area contributed by atoms with Crippen LogP contribution in [0.4, 0.5) is 5.69 Å². The molecule has 0 aromatic heterocycles. The van der Waals surface area contributed by atoms with Crippen LogP contribution in [0.25, 0.3) is 0 Å². The number of fused-ring (bicyclic) bond motifs is 4. The second-order valence-electron chi connectivity index (χ2n) is 8.01. The van der Waals surface area contributed by atoms with E-state index in [2.05, 4.69) is 11.4 Å². The Labute approximate surface area is 186 Å². The Bertz CT molecular complexity index is 1210. The van der Waals surface area contributed by atoms with E-state index in [1.54, 1.807) is 38.5 Å². The summed E-state index contributed by atoms with van der Waals surface area (Å²) in [6, 6.07) is 20.4. The first-order valence-electron chi connectivity index (χ1n) is 10.6. The van der Waals surface area contributed by atoms with Gasteiger partial charge in [-0.3, -0.25) is 9.59 Å². The molecule has 3 aromatic rings. The molecule has 0 radical (unpaired) electrons. The number of nitrogens with one attached hydrogen (secondary N) is 1. The van der Waals surface area contributed by atoms with Crippen molar-refractivity contribution in [1.82, 2.24) is 4.90 Å².